The Balaban J connectivity index is 2.25. The second-order valence-electron chi connectivity index (χ2n) is 4.40. The van der Waals surface area contributed by atoms with E-state index in [4.69, 9.17) is 11.6 Å². The van der Waals surface area contributed by atoms with Gasteiger partial charge in [0.25, 0.3) is 10.0 Å². The minimum atomic E-state index is -3.60. The van der Waals surface area contributed by atoms with Gasteiger partial charge in [0.2, 0.25) is 0 Å². The summed E-state index contributed by atoms with van der Waals surface area (Å²) in [5, 5.41) is 3.58. The van der Waals surface area contributed by atoms with Crippen LogP contribution in [-0.4, -0.2) is 15.5 Å². The maximum atomic E-state index is 12.3. The van der Waals surface area contributed by atoms with Crippen LogP contribution in [0.1, 0.15) is 5.56 Å². The molecule has 112 valence electrons. The summed E-state index contributed by atoms with van der Waals surface area (Å²) in [5.41, 5.74) is 1.54. The van der Waals surface area contributed by atoms with Crippen LogP contribution in [0.2, 0.25) is 5.02 Å². The van der Waals surface area contributed by atoms with E-state index in [2.05, 4.69) is 10.0 Å². The molecule has 2 N–H and O–H groups in total. The highest BCUT2D eigenvalue weighted by Crippen LogP contribution is 2.25. The molecule has 0 atom stereocenters. The van der Waals surface area contributed by atoms with Crippen molar-refractivity contribution < 1.29 is 8.42 Å². The van der Waals surface area contributed by atoms with Crippen molar-refractivity contribution in [2.75, 3.05) is 11.8 Å². The molecule has 7 heteroatoms. The van der Waals surface area contributed by atoms with Crippen LogP contribution >= 0.6 is 34.2 Å². The molecule has 0 spiro atoms. The summed E-state index contributed by atoms with van der Waals surface area (Å²) >= 11 is 7.91. The van der Waals surface area contributed by atoms with Gasteiger partial charge in [0.15, 0.2) is 0 Å². The predicted molar refractivity (Wildman–Crippen MR) is 94.2 cm³/mol. The molecule has 0 amide bonds. The van der Waals surface area contributed by atoms with Gasteiger partial charge in [-0.15, -0.1) is 0 Å². The van der Waals surface area contributed by atoms with Gasteiger partial charge in [0.1, 0.15) is 0 Å². The van der Waals surface area contributed by atoms with Gasteiger partial charge in [-0.1, -0.05) is 23.7 Å². The van der Waals surface area contributed by atoms with E-state index in [0.717, 1.165) is 9.13 Å². The highest BCUT2D eigenvalue weighted by molar-refractivity contribution is 14.1. The summed E-state index contributed by atoms with van der Waals surface area (Å²) in [7, 11) is -1.76. The van der Waals surface area contributed by atoms with Gasteiger partial charge in [-0.05, 0) is 65.5 Å². The first-order valence-electron chi connectivity index (χ1n) is 6.14. The first kappa shape index (κ1) is 16.5. The fourth-order valence-electron chi connectivity index (χ4n) is 1.77. The molecule has 0 unspecified atom stereocenters. The van der Waals surface area contributed by atoms with Gasteiger partial charge in [-0.25, -0.2) is 8.42 Å². The van der Waals surface area contributed by atoms with Crippen LogP contribution in [0.5, 0.6) is 0 Å². The van der Waals surface area contributed by atoms with Crippen molar-refractivity contribution in [3.05, 3.63) is 56.6 Å². The van der Waals surface area contributed by atoms with E-state index in [1.54, 1.807) is 42.5 Å². The lowest BCUT2D eigenvalue weighted by Crippen LogP contribution is -2.14. The maximum absolute atomic E-state index is 12.3. The molecule has 2 aromatic rings. The van der Waals surface area contributed by atoms with Crippen molar-refractivity contribution in [2.24, 2.45) is 0 Å². The number of nitrogens with one attached hydrogen (secondary N) is 2. The first-order chi connectivity index (χ1) is 9.92. The van der Waals surface area contributed by atoms with Gasteiger partial charge in [-0.3, -0.25) is 4.72 Å². The van der Waals surface area contributed by atoms with Crippen LogP contribution in [0, 0.1) is 3.57 Å². The molecule has 0 saturated heterocycles. The van der Waals surface area contributed by atoms with Crippen LogP contribution in [0.4, 0.5) is 5.69 Å². The highest BCUT2D eigenvalue weighted by Gasteiger charge is 2.15. The SMILES string of the molecule is CNCc1ccc(S(=O)(=O)Nc2ccc(Cl)cc2I)cc1. The number of anilines is 1. The maximum Gasteiger partial charge on any atom is 0.261 e. The third kappa shape index (κ3) is 4.32. The van der Waals surface area contributed by atoms with Crippen molar-refractivity contribution >= 4 is 49.9 Å². The Labute approximate surface area is 143 Å². The Morgan fingerprint density at radius 2 is 1.81 bits per heavy atom. The fraction of sp³-hybridized carbons (Fsp3) is 0.143. The molecule has 0 aromatic heterocycles. The zero-order valence-corrected chi connectivity index (χ0v) is 15.0. The van der Waals surface area contributed by atoms with E-state index in [-0.39, 0.29) is 4.90 Å². The van der Waals surface area contributed by atoms with Gasteiger partial charge in [0, 0.05) is 15.1 Å². The lowest BCUT2D eigenvalue weighted by molar-refractivity contribution is 0.601. The summed E-state index contributed by atoms with van der Waals surface area (Å²) in [6.07, 6.45) is 0. The first-order valence-corrected chi connectivity index (χ1v) is 9.08. The summed E-state index contributed by atoms with van der Waals surface area (Å²) in [5.74, 6) is 0. The minimum absolute atomic E-state index is 0.230. The summed E-state index contributed by atoms with van der Waals surface area (Å²) in [6.45, 7) is 0.697. The Morgan fingerprint density at radius 3 is 2.38 bits per heavy atom. The van der Waals surface area contributed by atoms with Crippen molar-refractivity contribution in [3.8, 4) is 0 Å². The van der Waals surface area contributed by atoms with Gasteiger partial charge in [-0.2, -0.15) is 0 Å². The number of benzene rings is 2. The number of rotatable bonds is 5. The molecule has 0 saturated carbocycles. The monoisotopic (exact) mass is 436 g/mol. The van der Waals surface area contributed by atoms with E-state index < -0.39 is 10.0 Å². The van der Waals surface area contributed by atoms with E-state index in [0.29, 0.717) is 17.3 Å². The number of hydrogen-bond acceptors (Lipinski definition) is 3. The Morgan fingerprint density at radius 1 is 1.14 bits per heavy atom. The minimum Gasteiger partial charge on any atom is -0.316 e. The molecule has 0 heterocycles. The van der Waals surface area contributed by atoms with E-state index >= 15 is 0 Å². The second-order valence-corrected chi connectivity index (χ2v) is 7.68. The molecule has 0 aliphatic heterocycles. The molecule has 0 aliphatic carbocycles. The topological polar surface area (TPSA) is 58.2 Å². The van der Waals surface area contributed by atoms with E-state index in [9.17, 15) is 8.42 Å². The van der Waals surface area contributed by atoms with E-state index in [1.807, 2.05) is 29.6 Å². The average molecular weight is 437 g/mol. The normalized spacial score (nSPS) is 11.4. The molecule has 2 aromatic carbocycles. The molecule has 2 rings (SSSR count). The lowest BCUT2D eigenvalue weighted by atomic mass is 10.2. The smallest absolute Gasteiger partial charge is 0.261 e. The van der Waals surface area contributed by atoms with Crippen LogP contribution in [0.15, 0.2) is 47.4 Å². The molecule has 0 aliphatic rings. The molecule has 0 fully saturated rings. The van der Waals surface area contributed by atoms with Gasteiger partial charge < -0.3 is 5.32 Å². The van der Waals surface area contributed by atoms with Crippen LogP contribution in [0.25, 0.3) is 0 Å². The second kappa shape index (κ2) is 6.95. The zero-order chi connectivity index (χ0) is 15.5. The van der Waals surface area contributed by atoms with Crippen molar-refractivity contribution in [1.82, 2.24) is 5.32 Å². The molecule has 4 nitrogen and oxygen atoms in total. The van der Waals surface area contributed by atoms with Crippen LogP contribution in [-0.2, 0) is 16.6 Å². The van der Waals surface area contributed by atoms with Crippen LogP contribution in [0.3, 0.4) is 0 Å². The Kier molecular flexibility index (Phi) is 5.48. The molecular formula is C14H14ClIN2O2S. The van der Waals surface area contributed by atoms with Gasteiger partial charge >= 0.3 is 0 Å². The molecule has 0 radical (unpaired) electrons. The van der Waals surface area contributed by atoms with Crippen molar-refractivity contribution in [2.45, 2.75) is 11.4 Å². The van der Waals surface area contributed by atoms with E-state index in [1.165, 1.54) is 0 Å². The standard InChI is InChI=1S/C14H14ClIN2O2S/c1-17-9-10-2-5-12(6-3-10)21(19,20)18-14-7-4-11(15)8-13(14)16/h2-8,17-18H,9H2,1H3. The largest absolute Gasteiger partial charge is 0.316 e. The van der Waals surface area contributed by atoms with Gasteiger partial charge in [0.05, 0.1) is 10.6 Å². The predicted octanol–water partition coefficient (Wildman–Crippen LogP) is 3.46. The van der Waals surface area contributed by atoms with Crippen LogP contribution < -0.4 is 10.0 Å². The fourth-order valence-corrected chi connectivity index (χ4v) is 4.04. The number of sulfonamides is 1. The zero-order valence-electron chi connectivity index (χ0n) is 11.2. The van der Waals surface area contributed by atoms with Crippen molar-refractivity contribution in [1.29, 1.82) is 0 Å². The van der Waals surface area contributed by atoms with Crippen molar-refractivity contribution in [3.63, 3.8) is 0 Å². The molecule has 0 bridgehead atoms. The Hall–Kier alpha value is -0.830. The highest BCUT2D eigenvalue weighted by atomic mass is 127. The third-order valence-electron chi connectivity index (χ3n) is 2.79. The summed E-state index contributed by atoms with van der Waals surface area (Å²) in [4.78, 5) is 0.230. The summed E-state index contributed by atoms with van der Waals surface area (Å²) < 4.78 is 28.0. The molecular weight excluding hydrogens is 423 g/mol. The average Bonchev–Trinajstić information content (AvgIpc) is 2.43. The number of hydrogen-bond donors (Lipinski definition) is 2. The number of halogens is 2. The third-order valence-corrected chi connectivity index (χ3v) is 5.30. The summed E-state index contributed by atoms with van der Waals surface area (Å²) in [6, 6.07) is 11.8. The Bertz CT molecular complexity index is 733. The molecule has 21 heavy (non-hydrogen) atoms. The lowest BCUT2D eigenvalue weighted by Gasteiger charge is -2.10. The quantitative estimate of drug-likeness (QED) is 0.706.